The summed E-state index contributed by atoms with van der Waals surface area (Å²) < 4.78 is 5.11. The fourth-order valence-corrected chi connectivity index (χ4v) is 1.45. The van der Waals surface area contributed by atoms with E-state index in [1.54, 1.807) is 12.3 Å². The van der Waals surface area contributed by atoms with Crippen LogP contribution in [0.4, 0.5) is 4.79 Å². The maximum absolute atomic E-state index is 11.3. The lowest BCUT2D eigenvalue weighted by molar-refractivity contribution is 0.0527. The molecule has 0 bridgehead atoms. The number of carbonyl (C=O) groups excluding carboxylic acids is 1. The number of ether oxygens (including phenoxy) is 1. The van der Waals surface area contributed by atoms with Crippen molar-refractivity contribution in [3.05, 3.63) is 23.2 Å². The fourth-order valence-electron chi connectivity index (χ4n) is 1.28. The van der Waals surface area contributed by atoms with Gasteiger partial charge in [0.2, 0.25) is 5.28 Å². The van der Waals surface area contributed by atoms with Crippen LogP contribution < -0.4 is 5.32 Å². The van der Waals surface area contributed by atoms with E-state index >= 15 is 0 Å². The minimum absolute atomic E-state index is 0.243. The number of nitrogens with one attached hydrogen (secondary N) is 1. The molecule has 1 aromatic heterocycles. The van der Waals surface area contributed by atoms with E-state index in [1.807, 2.05) is 20.8 Å². The van der Waals surface area contributed by atoms with Crippen LogP contribution in [0.1, 0.15) is 32.9 Å². The van der Waals surface area contributed by atoms with Gasteiger partial charge in [-0.1, -0.05) is 0 Å². The van der Waals surface area contributed by atoms with E-state index in [0.717, 1.165) is 18.5 Å². The molecule has 0 fully saturated rings. The molecule has 1 heterocycles. The van der Waals surface area contributed by atoms with Crippen molar-refractivity contribution >= 4 is 17.7 Å². The molecule has 0 aliphatic heterocycles. The Balaban J connectivity index is 2.21. The molecular formula is C12H18ClN3O2. The van der Waals surface area contributed by atoms with E-state index in [0.29, 0.717) is 6.54 Å². The highest BCUT2D eigenvalue weighted by Gasteiger charge is 2.15. The summed E-state index contributed by atoms with van der Waals surface area (Å²) in [4.78, 5) is 19.2. The molecule has 0 aromatic carbocycles. The molecule has 1 rings (SSSR count). The van der Waals surface area contributed by atoms with E-state index in [9.17, 15) is 4.79 Å². The highest BCUT2D eigenvalue weighted by molar-refractivity contribution is 6.28. The second-order valence-corrected chi connectivity index (χ2v) is 5.19. The Hall–Kier alpha value is -1.36. The molecule has 18 heavy (non-hydrogen) atoms. The monoisotopic (exact) mass is 271 g/mol. The average molecular weight is 272 g/mol. The van der Waals surface area contributed by atoms with Gasteiger partial charge in [0.15, 0.2) is 0 Å². The van der Waals surface area contributed by atoms with Crippen LogP contribution in [0.5, 0.6) is 0 Å². The summed E-state index contributed by atoms with van der Waals surface area (Å²) in [5.41, 5.74) is 0.394. The second kappa shape index (κ2) is 6.54. The van der Waals surface area contributed by atoms with E-state index in [2.05, 4.69) is 15.3 Å². The topological polar surface area (TPSA) is 64.1 Å². The quantitative estimate of drug-likeness (QED) is 0.675. The average Bonchev–Trinajstić information content (AvgIpc) is 2.22. The SMILES string of the molecule is CC(C)(C)OC(=O)NCCCc1ccnc(Cl)n1. The molecule has 0 spiro atoms. The molecule has 1 aromatic rings. The number of nitrogens with zero attached hydrogens (tertiary/aromatic N) is 2. The zero-order valence-electron chi connectivity index (χ0n) is 10.9. The van der Waals surface area contributed by atoms with Gasteiger partial charge in [0.1, 0.15) is 5.60 Å². The molecule has 5 nitrogen and oxygen atoms in total. The largest absolute Gasteiger partial charge is 0.444 e. The van der Waals surface area contributed by atoms with Gasteiger partial charge in [-0.3, -0.25) is 0 Å². The van der Waals surface area contributed by atoms with Gasteiger partial charge in [-0.2, -0.15) is 0 Å². The predicted octanol–water partition coefficient (Wildman–Crippen LogP) is 2.59. The Kier molecular flexibility index (Phi) is 5.34. The number of carbonyl (C=O) groups is 1. The van der Waals surface area contributed by atoms with Gasteiger partial charge in [0.25, 0.3) is 0 Å². The van der Waals surface area contributed by atoms with Crippen LogP contribution in [-0.4, -0.2) is 28.2 Å². The lowest BCUT2D eigenvalue weighted by atomic mass is 10.2. The van der Waals surface area contributed by atoms with Crippen LogP contribution in [-0.2, 0) is 11.2 Å². The Labute approximate surface area is 112 Å². The molecule has 0 unspecified atom stereocenters. The highest BCUT2D eigenvalue weighted by Crippen LogP contribution is 2.06. The van der Waals surface area contributed by atoms with Crippen molar-refractivity contribution in [2.75, 3.05) is 6.54 Å². The summed E-state index contributed by atoms with van der Waals surface area (Å²) in [6.45, 7) is 6.02. The molecule has 1 amide bonds. The van der Waals surface area contributed by atoms with Crippen LogP contribution in [0.3, 0.4) is 0 Å². The van der Waals surface area contributed by atoms with Gasteiger partial charge in [-0.15, -0.1) is 0 Å². The first-order chi connectivity index (χ1) is 8.37. The Morgan fingerprint density at radius 1 is 1.50 bits per heavy atom. The zero-order chi connectivity index (χ0) is 13.6. The lowest BCUT2D eigenvalue weighted by Crippen LogP contribution is -2.33. The highest BCUT2D eigenvalue weighted by atomic mass is 35.5. The number of hydrogen-bond donors (Lipinski definition) is 1. The van der Waals surface area contributed by atoms with Crippen LogP contribution in [0.15, 0.2) is 12.3 Å². The lowest BCUT2D eigenvalue weighted by Gasteiger charge is -2.19. The molecule has 100 valence electrons. The summed E-state index contributed by atoms with van der Waals surface area (Å²) in [6, 6.07) is 1.80. The van der Waals surface area contributed by atoms with Crippen molar-refractivity contribution in [3.63, 3.8) is 0 Å². The van der Waals surface area contributed by atoms with E-state index in [1.165, 1.54) is 0 Å². The normalized spacial score (nSPS) is 11.1. The van der Waals surface area contributed by atoms with Gasteiger partial charge < -0.3 is 10.1 Å². The Morgan fingerprint density at radius 3 is 2.83 bits per heavy atom. The van der Waals surface area contributed by atoms with Crippen molar-refractivity contribution in [1.29, 1.82) is 0 Å². The summed E-state index contributed by atoms with van der Waals surface area (Å²) in [6.07, 6.45) is 2.72. The van der Waals surface area contributed by atoms with Crippen LogP contribution in [0.25, 0.3) is 0 Å². The maximum Gasteiger partial charge on any atom is 0.407 e. The third kappa shape index (κ3) is 6.39. The predicted molar refractivity (Wildman–Crippen MR) is 69.6 cm³/mol. The minimum atomic E-state index is -0.468. The number of aryl methyl sites for hydroxylation is 1. The van der Waals surface area contributed by atoms with Gasteiger partial charge in [-0.25, -0.2) is 14.8 Å². The number of halogens is 1. The first-order valence-corrected chi connectivity index (χ1v) is 6.19. The molecule has 0 saturated carbocycles. The second-order valence-electron chi connectivity index (χ2n) is 4.85. The van der Waals surface area contributed by atoms with Crippen molar-refractivity contribution in [3.8, 4) is 0 Å². The molecule has 0 saturated heterocycles. The molecule has 6 heteroatoms. The summed E-state index contributed by atoms with van der Waals surface area (Å²) in [5, 5.41) is 2.93. The van der Waals surface area contributed by atoms with Crippen molar-refractivity contribution < 1.29 is 9.53 Å². The number of alkyl carbamates (subject to hydrolysis) is 1. The molecule has 0 aliphatic rings. The van der Waals surface area contributed by atoms with E-state index in [-0.39, 0.29) is 5.28 Å². The van der Waals surface area contributed by atoms with Gasteiger partial charge in [0.05, 0.1) is 0 Å². The Bertz CT molecular complexity index is 405. The molecule has 0 radical (unpaired) electrons. The smallest absolute Gasteiger partial charge is 0.407 e. The van der Waals surface area contributed by atoms with Crippen LogP contribution in [0.2, 0.25) is 5.28 Å². The molecule has 0 atom stereocenters. The standard InChI is InChI=1S/C12H18ClN3O2/c1-12(2,3)18-11(17)15-7-4-5-9-6-8-14-10(13)16-9/h6,8H,4-5,7H2,1-3H3,(H,15,17). The number of amides is 1. The first-order valence-electron chi connectivity index (χ1n) is 5.81. The van der Waals surface area contributed by atoms with E-state index in [4.69, 9.17) is 16.3 Å². The molecule has 1 N–H and O–H groups in total. The Morgan fingerprint density at radius 2 is 2.22 bits per heavy atom. The van der Waals surface area contributed by atoms with Crippen molar-refractivity contribution in [2.45, 2.75) is 39.2 Å². The first kappa shape index (κ1) is 14.7. The van der Waals surface area contributed by atoms with Crippen molar-refractivity contribution in [1.82, 2.24) is 15.3 Å². The van der Waals surface area contributed by atoms with Gasteiger partial charge in [0, 0.05) is 18.4 Å². The van der Waals surface area contributed by atoms with Gasteiger partial charge in [-0.05, 0) is 51.3 Å². The van der Waals surface area contributed by atoms with Crippen LogP contribution >= 0.6 is 11.6 Å². The van der Waals surface area contributed by atoms with Gasteiger partial charge >= 0.3 is 6.09 Å². The fraction of sp³-hybridized carbons (Fsp3) is 0.583. The van der Waals surface area contributed by atoms with E-state index < -0.39 is 11.7 Å². The van der Waals surface area contributed by atoms with Crippen molar-refractivity contribution in [2.24, 2.45) is 0 Å². The zero-order valence-corrected chi connectivity index (χ0v) is 11.6. The number of aromatic nitrogens is 2. The third-order valence-corrected chi connectivity index (χ3v) is 2.14. The number of rotatable bonds is 4. The molecular weight excluding hydrogens is 254 g/mol. The van der Waals surface area contributed by atoms with Crippen LogP contribution in [0, 0.1) is 0 Å². The third-order valence-electron chi connectivity index (χ3n) is 1.96. The summed E-state index contributed by atoms with van der Waals surface area (Å²) >= 11 is 5.67. The summed E-state index contributed by atoms with van der Waals surface area (Å²) in [7, 11) is 0. The maximum atomic E-state index is 11.3. The molecule has 0 aliphatic carbocycles. The minimum Gasteiger partial charge on any atom is -0.444 e. The number of hydrogen-bond acceptors (Lipinski definition) is 4. The summed E-state index contributed by atoms with van der Waals surface area (Å²) in [5.74, 6) is 0.